The largest absolute Gasteiger partial charge is 0.493 e. The Labute approximate surface area is 275 Å². The van der Waals surface area contributed by atoms with E-state index in [1.807, 2.05) is 30.3 Å². The zero-order chi connectivity index (χ0) is 33.4. The second kappa shape index (κ2) is 15.8. The van der Waals surface area contributed by atoms with Crippen LogP contribution in [0.15, 0.2) is 42.5 Å². The van der Waals surface area contributed by atoms with Gasteiger partial charge in [-0.25, -0.2) is 0 Å². The van der Waals surface area contributed by atoms with Gasteiger partial charge in [0.25, 0.3) is 0 Å². The highest BCUT2D eigenvalue weighted by molar-refractivity contribution is 6.31. The number of hydrogen-bond acceptors (Lipinski definition) is 10. The quantitative estimate of drug-likeness (QED) is 0.207. The Bertz CT molecular complexity index is 1380. The molecule has 0 aromatic heterocycles. The topological polar surface area (TPSA) is 124 Å². The van der Waals surface area contributed by atoms with Gasteiger partial charge in [0.2, 0.25) is 0 Å². The molecule has 1 aliphatic heterocycles. The van der Waals surface area contributed by atoms with Crippen LogP contribution in [0.3, 0.4) is 0 Å². The molecule has 0 amide bonds. The van der Waals surface area contributed by atoms with Gasteiger partial charge in [-0.3, -0.25) is 19.2 Å². The van der Waals surface area contributed by atoms with E-state index in [4.69, 9.17) is 40.0 Å². The number of rotatable bonds is 11. The van der Waals surface area contributed by atoms with E-state index in [-0.39, 0.29) is 12.0 Å². The van der Waals surface area contributed by atoms with Gasteiger partial charge in [-0.2, -0.15) is 0 Å². The van der Waals surface area contributed by atoms with Crippen molar-refractivity contribution >= 4 is 35.5 Å². The maximum Gasteiger partial charge on any atom is 0.303 e. The summed E-state index contributed by atoms with van der Waals surface area (Å²) in [5.41, 5.74) is 2.55. The Morgan fingerprint density at radius 1 is 0.804 bits per heavy atom. The first-order valence-corrected chi connectivity index (χ1v) is 16.0. The molecular formula is C35H43ClO10. The molecule has 0 spiro atoms. The van der Waals surface area contributed by atoms with E-state index in [0.29, 0.717) is 23.6 Å². The van der Waals surface area contributed by atoms with Crippen molar-refractivity contribution in [2.24, 2.45) is 5.41 Å². The highest BCUT2D eigenvalue weighted by Crippen LogP contribution is 2.39. The molecule has 5 atom stereocenters. The molecule has 1 aliphatic carbocycles. The van der Waals surface area contributed by atoms with Crippen molar-refractivity contribution in [3.63, 3.8) is 0 Å². The van der Waals surface area contributed by atoms with Gasteiger partial charge in [0, 0.05) is 38.1 Å². The summed E-state index contributed by atoms with van der Waals surface area (Å²) >= 11 is 6.64. The zero-order valence-electron chi connectivity index (χ0n) is 27.0. The van der Waals surface area contributed by atoms with Crippen molar-refractivity contribution in [1.82, 2.24) is 0 Å². The van der Waals surface area contributed by atoms with Gasteiger partial charge >= 0.3 is 23.9 Å². The molecule has 0 radical (unpaired) electrons. The minimum Gasteiger partial charge on any atom is -0.493 e. The minimum absolute atomic E-state index is 0.208. The minimum atomic E-state index is -1.26. The van der Waals surface area contributed by atoms with Crippen molar-refractivity contribution in [2.75, 3.05) is 13.2 Å². The van der Waals surface area contributed by atoms with Gasteiger partial charge in [0.05, 0.1) is 6.61 Å². The number of carbonyl (C=O) groups is 4. The van der Waals surface area contributed by atoms with E-state index in [1.54, 1.807) is 12.1 Å². The molecule has 0 bridgehead atoms. The van der Waals surface area contributed by atoms with Crippen LogP contribution in [0, 0.1) is 5.41 Å². The highest BCUT2D eigenvalue weighted by Gasteiger charge is 2.52. The first-order valence-electron chi connectivity index (χ1n) is 15.6. The molecule has 5 unspecified atom stereocenters. The highest BCUT2D eigenvalue weighted by atomic mass is 35.5. The van der Waals surface area contributed by atoms with E-state index >= 15 is 0 Å². The fourth-order valence-electron chi connectivity index (χ4n) is 6.13. The molecule has 0 N–H and O–H groups in total. The third-order valence-corrected chi connectivity index (χ3v) is 8.72. The molecule has 2 aromatic carbocycles. The van der Waals surface area contributed by atoms with Crippen LogP contribution >= 0.6 is 11.6 Å². The van der Waals surface area contributed by atoms with E-state index in [0.717, 1.165) is 16.9 Å². The SMILES string of the molecule is CC(=O)OCC1OC(c2ccc(Cl)c(Cc3ccc(OCC4(C)CCCCC4)cc3)c2)C(OC(C)=O)C(OC(C)=O)C1OC(C)=O. The third-order valence-electron chi connectivity index (χ3n) is 8.36. The summed E-state index contributed by atoms with van der Waals surface area (Å²) in [6, 6.07) is 13.2. The lowest BCUT2D eigenvalue weighted by molar-refractivity contribution is -0.254. The summed E-state index contributed by atoms with van der Waals surface area (Å²) in [5, 5.41) is 0.514. The predicted octanol–water partition coefficient (Wildman–Crippen LogP) is 6.08. The van der Waals surface area contributed by atoms with Crippen molar-refractivity contribution in [2.45, 2.75) is 104 Å². The van der Waals surface area contributed by atoms with Gasteiger partial charge in [0.15, 0.2) is 18.3 Å². The van der Waals surface area contributed by atoms with Crippen LogP contribution in [0.25, 0.3) is 0 Å². The van der Waals surface area contributed by atoms with Gasteiger partial charge in [-0.1, -0.05) is 62.1 Å². The summed E-state index contributed by atoms with van der Waals surface area (Å²) in [4.78, 5) is 48.2. The Morgan fingerprint density at radius 3 is 2.02 bits per heavy atom. The molecule has 2 aliphatic rings. The van der Waals surface area contributed by atoms with Crippen molar-refractivity contribution in [3.8, 4) is 5.75 Å². The fraction of sp³-hybridized carbons (Fsp3) is 0.543. The predicted molar refractivity (Wildman–Crippen MR) is 168 cm³/mol. The molecule has 1 saturated carbocycles. The van der Waals surface area contributed by atoms with Gasteiger partial charge in [0.1, 0.15) is 24.6 Å². The van der Waals surface area contributed by atoms with Gasteiger partial charge in [-0.05, 0) is 54.2 Å². The summed E-state index contributed by atoms with van der Waals surface area (Å²) in [6.45, 7) is 7.49. The lowest BCUT2D eigenvalue weighted by Gasteiger charge is -2.44. The molecule has 250 valence electrons. The number of esters is 4. The normalized spacial score (nSPS) is 23.9. The molecule has 1 heterocycles. The van der Waals surface area contributed by atoms with Crippen LogP contribution in [-0.4, -0.2) is 61.5 Å². The number of benzene rings is 2. The van der Waals surface area contributed by atoms with E-state index in [2.05, 4.69) is 6.92 Å². The number of carbonyl (C=O) groups excluding carboxylic acids is 4. The monoisotopic (exact) mass is 658 g/mol. The van der Waals surface area contributed by atoms with E-state index < -0.39 is 54.4 Å². The Kier molecular flexibility index (Phi) is 12.1. The number of halogens is 1. The third kappa shape index (κ3) is 9.69. The average Bonchev–Trinajstić information content (AvgIpc) is 2.99. The van der Waals surface area contributed by atoms with Crippen molar-refractivity contribution in [3.05, 3.63) is 64.2 Å². The average molecular weight is 659 g/mol. The number of ether oxygens (including phenoxy) is 6. The summed E-state index contributed by atoms with van der Waals surface area (Å²) < 4.78 is 34.4. The second-order valence-corrected chi connectivity index (χ2v) is 12.9. The molecule has 2 fully saturated rings. The molecule has 1 saturated heterocycles. The lowest BCUT2D eigenvalue weighted by atomic mass is 9.76. The Morgan fingerprint density at radius 2 is 1.41 bits per heavy atom. The van der Waals surface area contributed by atoms with Crippen LogP contribution in [0.4, 0.5) is 0 Å². The van der Waals surface area contributed by atoms with Crippen LogP contribution < -0.4 is 4.74 Å². The summed E-state index contributed by atoms with van der Waals surface area (Å²) in [5.74, 6) is -1.81. The van der Waals surface area contributed by atoms with Crippen LogP contribution in [0.1, 0.15) is 89.5 Å². The van der Waals surface area contributed by atoms with Gasteiger partial charge < -0.3 is 28.4 Å². The first-order chi connectivity index (χ1) is 21.8. The standard InChI is InChI=1S/C35H43ClO10/c1-21(37)41-19-30-32(43-22(2)38)34(45-24(4)40)33(44-23(3)39)31(46-30)26-11-14-29(36)27(18-26)17-25-9-12-28(13-10-25)42-20-35(5)15-7-6-8-16-35/h9-14,18,30-34H,6-8,15-17,19-20H2,1-5H3. The lowest BCUT2D eigenvalue weighted by Crippen LogP contribution is -2.59. The Balaban J connectivity index is 1.60. The number of hydrogen-bond donors (Lipinski definition) is 0. The molecule has 11 heteroatoms. The molecular weight excluding hydrogens is 616 g/mol. The molecule has 46 heavy (non-hydrogen) atoms. The first kappa shape index (κ1) is 35.2. The maximum absolute atomic E-state index is 12.3. The van der Waals surface area contributed by atoms with E-state index in [1.165, 1.54) is 59.8 Å². The fourth-order valence-corrected chi connectivity index (χ4v) is 6.32. The van der Waals surface area contributed by atoms with E-state index in [9.17, 15) is 19.2 Å². The van der Waals surface area contributed by atoms with Gasteiger partial charge in [-0.15, -0.1) is 0 Å². The Hall–Kier alpha value is -3.63. The summed E-state index contributed by atoms with van der Waals surface area (Å²) in [7, 11) is 0. The van der Waals surface area contributed by atoms with Crippen LogP contribution in [0.5, 0.6) is 5.75 Å². The van der Waals surface area contributed by atoms with Crippen molar-refractivity contribution in [1.29, 1.82) is 0 Å². The maximum atomic E-state index is 12.3. The molecule has 2 aromatic rings. The second-order valence-electron chi connectivity index (χ2n) is 12.5. The van der Waals surface area contributed by atoms with Crippen molar-refractivity contribution < 1.29 is 47.6 Å². The molecule has 10 nitrogen and oxygen atoms in total. The van der Waals surface area contributed by atoms with Crippen LogP contribution in [-0.2, 0) is 49.3 Å². The van der Waals surface area contributed by atoms with Crippen LogP contribution in [0.2, 0.25) is 5.02 Å². The summed E-state index contributed by atoms with van der Waals surface area (Å²) in [6.07, 6.45) is 0.908. The molecule has 4 rings (SSSR count). The smallest absolute Gasteiger partial charge is 0.303 e. The zero-order valence-corrected chi connectivity index (χ0v) is 27.8.